The summed E-state index contributed by atoms with van der Waals surface area (Å²) in [6.07, 6.45) is 0. The lowest BCUT2D eigenvalue weighted by Gasteiger charge is -2.06. The fourth-order valence-electron chi connectivity index (χ4n) is 2.20. The van der Waals surface area contributed by atoms with E-state index in [0.29, 0.717) is 25.7 Å². The summed E-state index contributed by atoms with van der Waals surface area (Å²) in [4.78, 5) is 12.2. The fraction of sp³-hybridized carbons (Fsp3) is 0.111. The number of hydrogen-bond acceptors (Lipinski definition) is 7. The molecule has 3 aromatic rings. The van der Waals surface area contributed by atoms with Gasteiger partial charge in [-0.05, 0) is 42.8 Å². The zero-order valence-electron chi connectivity index (χ0n) is 14.2. The maximum atomic E-state index is 12.2. The van der Waals surface area contributed by atoms with E-state index < -0.39 is 0 Å². The molecule has 9 heteroatoms. The molecule has 0 saturated heterocycles. The molecule has 0 saturated carbocycles. The van der Waals surface area contributed by atoms with Gasteiger partial charge < -0.3 is 10.6 Å². The molecule has 2 N–H and O–H groups in total. The maximum Gasteiger partial charge on any atom is 0.234 e. The Balaban J connectivity index is 1.56. The number of aryl methyl sites for hydroxylation is 1. The molecule has 0 aliphatic heterocycles. The van der Waals surface area contributed by atoms with E-state index in [-0.39, 0.29) is 11.7 Å². The summed E-state index contributed by atoms with van der Waals surface area (Å²) in [5.74, 6) is -0.0987. The smallest absolute Gasteiger partial charge is 0.234 e. The summed E-state index contributed by atoms with van der Waals surface area (Å²) in [5, 5.41) is 24.3. The predicted molar refractivity (Wildman–Crippen MR) is 110 cm³/mol. The van der Waals surface area contributed by atoms with Gasteiger partial charge in [0.1, 0.15) is 6.07 Å². The molecule has 2 aromatic carbocycles. The van der Waals surface area contributed by atoms with E-state index >= 15 is 0 Å². The van der Waals surface area contributed by atoms with E-state index in [4.69, 9.17) is 16.9 Å². The van der Waals surface area contributed by atoms with Gasteiger partial charge in [0, 0.05) is 10.7 Å². The van der Waals surface area contributed by atoms with Crippen LogP contribution in [-0.2, 0) is 4.79 Å². The van der Waals surface area contributed by atoms with Gasteiger partial charge in [-0.15, -0.1) is 10.2 Å². The Bertz CT molecular complexity index is 1010. The van der Waals surface area contributed by atoms with Gasteiger partial charge >= 0.3 is 0 Å². The molecule has 0 unspecified atom stereocenters. The molecule has 0 atom stereocenters. The average Bonchev–Trinajstić information content (AvgIpc) is 3.08. The second-order valence-corrected chi connectivity index (χ2v) is 8.14. The molecule has 27 heavy (non-hydrogen) atoms. The van der Waals surface area contributed by atoms with Crippen LogP contribution in [0.15, 0.2) is 46.8 Å². The third-order valence-corrected chi connectivity index (χ3v) is 5.59. The largest absolute Gasteiger partial charge is 0.330 e. The third kappa shape index (κ3) is 5.44. The lowest BCUT2D eigenvalue weighted by atomic mass is 10.2. The number of nitrogens with one attached hydrogen (secondary N) is 2. The van der Waals surface area contributed by atoms with Gasteiger partial charge in [0.25, 0.3) is 0 Å². The van der Waals surface area contributed by atoms with E-state index in [1.165, 1.54) is 23.1 Å². The number of carbonyl (C=O) groups is 1. The number of carbonyl (C=O) groups excluding carboxylic acids is 1. The number of halogens is 1. The van der Waals surface area contributed by atoms with E-state index in [2.05, 4.69) is 20.8 Å². The van der Waals surface area contributed by atoms with Crippen molar-refractivity contribution in [3.8, 4) is 6.07 Å². The standard InChI is InChI=1S/C18H14ClN5OS2/c1-11-3-2-4-14(7-11)21-17-23-24-18(27-17)26-10-16(25)22-15-8-13(19)6-5-12(15)9-20/h2-8H,10H2,1H3,(H,21,23)(H,22,25). The fourth-order valence-corrected chi connectivity index (χ4v) is 3.94. The molecule has 0 spiro atoms. The number of nitrogens with zero attached hydrogens (tertiary/aromatic N) is 3. The first-order chi connectivity index (χ1) is 13.0. The summed E-state index contributed by atoms with van der Waals surface area (Å²) < 4.78 is 0.673. The number of rotatable bonds is 6. The minimum Gasteiger partial charge on any atom is -0.330 e. The van der Waals surface area contributed by atoms with Crippen LogP contribution in [0.2, 0.25) is 5.02 Å². The summed E-state index contributed by atoms with van der Waals surface area (Å²) in [7, 11) is 0. The van der Waals surface area contributed by atoms with Crippen LogP contribution in [0.1, 0.15) is 11.1 Å². The highest BCUT2D eigenvalue weighted by atomic mass is 35.5. The highest BCUT2D eigenvalue weighted by molar-refractivity contribution is 8.01. The van der Waals surface area contributed by atoms with E-state index in [1.807, 2.05) is 37.3 Å². The SMILES string of the molecule is Cc1cccc(Nc2nnc(SCC(=O)Nc3cc(Cl)ccc3C#N)s2)c1. The van der Waals surface area contributed by atoms with Gasteiger partial charge in [0.15, 0.2) is 4.34 Å². The van der Waals surface area contributed by atoms with Crippen LogP contribution in [0, 0.1) is 18.3 Å². The van der Waals surface area contributed by atoms with Gasteiger partial charge in [-0.25, -0.2) is 0 Å². The molecule has 0 bridgehead atoms. The van der Waals surface area contributed by atoms with Crippen LogP contribution in [0.3, 0.4) is 0 Å². The van der Waals surface area contributed by atoms with Crippen molar-refractivity contribution in [3.63, 3.8) is 0 Å². The lowest BCUT2D eigenvalue weighted by Crippen LogP contribution is -2.14. The molecule has 1 amide bonds. The van der Waals surface area contributed by atoms with Crippen LogP contribution in [0.4, 0.5) is 16.5 Å². The molecule has 3 rings (SSSR count). The first-order valence-electron chi connectivity index (χ1n) is 7.83. The molecule has 0 fully saturated rings. The first-order valence-corrected chi connectivity index (χ1v) is 10.0. The average molecular weight is 416 g/mol. The monoisotopic (exact) mass is 415 g/mol. The Kier molecular flexibility index (Phi) is 6.29. The van der Waals surface area contributed by atoms with Gasteiger partial charge in [-0.3, -0.25) is 4.79 Å². The van der Waals surface area contributed by atoms with Crippen LogP contribution in [-0.4, -0.2) is 21.9 Å². The van der Waals surface area contributed by atoms with Crippen molar-refractivity contribution in [1.82, 2.24) is 10.2 Å². The zero-order valence-corrected chi connectivity index (χ0v) is 16.6. The Morgan fingerprint density at radius 2 is 2.15 bits per heavy atom. The Morgan fingerprint density at radius 1 is 1.30 bits per heavy atom. The first kappa shape index (κ1) is 19.2. The van der Waals surface area contributed by atoms with E-state index in [1.54, 1.807) is 18.2 Å². The Labute approximate surface area is 169 Å². The molecular weight excluding hydrogens is 402 g/mol. The van der Waals surface area contributed by atoms with Gasteiger partial charge in [0.2, 0.25) is 11.0 Å². The molecule has 0 aliphatic carbocycles. The van der Waals surface area contributed by atoms with Gasteiger partial charge in [-0.2, -0.15) is 5.26 Å². The number of aromatic nitrogens is 2. The van der Waals surface area contributed by atoms with Crippen LogP contribution in [0.25, 0.3) is 0 Å². The molecule has 1 heterocycles. The molecule has 6 nitrogen and oxygen atoms in total. The second-order valence-electron chi connectivity index (χ2n) is 5.51. The highest BCUT2D eigenvalue weighted by Gasteiger charge is 2.11. The normalized spacial score (nSPS) is 10.3. The van der Waals surface area contributed by atoms with Crippen molar-refractivity contribution in [2.45, 2.75) is 11.3 Å². The molecular formula is C18H14ClN5OS2. The van der Waals surface area contributed by atoms with Crippen molar-refractivity contribution in [1.29, 1.82) is 5.26 Å². The molecule has 0 radical (unpaired) electrons. The van der Waals surface area contributed by atoms with Crippen LogP contribution >= 0.6 is 34.7 Å². The van der Waals surface area contributed by atoms with Crippen molar-refractivity contribution >= 4 is 57.1 Å². The lowest BCUT2D eigenvalue weighted by molar-refractivity contribution is -0.113. The van der Waals surface area contributed by atoms with Crippen LogP contribution in [0.5, 0.6) is 0 Å². The van der Waals surface area contributed by atoms with Crippen LogP contribution < -0.4 is 10.6 Å². The van der Waals surface area contributed by atoms with Gasteiger partial charge in [-0.1, -0.05) is 46.8 Å². The number of nitriles is 1. The topological polar surface area (TPSA) is 90.7 Å². The number of thioether (sulfide) groups is 1. The van der Waals surface area contributed by atoms with E-state index in [9.17, 15) is 4.79 Å². The molecule has 1 aromatic heterocycles. The highest BCUT2D eigenvalue weighted by Crippen LogP contribution is 2.28. The number of benzene rings is 2. The minimum absolute atomic E-state index is 0.149. The molecule has 136 valence electrons. The number of anilines is 3. The number of hydrogen-bond donors (Lipinski definition) is 2. The quantitative estimate of drug-likeness (QED) is 0.559. The van der Waals surface area contributed by atoms with Gasteiger partial charge in [0.05, 0.1) is 17.0 Å². The zero-order chi connectivity index (χ0) is 19.2. The minimum atomic E-state index is -0.248. The number of amides is 1. The Hall–Kier alpha value is -2.60. The summed E-state index contributed by atoms with van der Waals surface area (Å²) in [6, 6.07) is 14.7. The summed E-state index contributed by atoms with van der Waals surface area (Å²) >= 11 is 8.56. The summed E-state index contributed by atoms with van der Waals surface area (Å²) in [6.45, 7) is 2.02. The molecule has 0 aliphatic rings. The van der Waals surface area contributed by atoms with Crippen molar-refractivity contribution in [2.24, 2.45) is 0 Å². The second kappa shape index (κ2) is 8.86. The van der Waals surface area contributed by atoms with Crippen molar-refractivity contribution in [3.05, 3.63) is 58.6 Å². The van der Waals surface area contributed by atoms with Crippen molar-refractivity contribution in [2.75, 3.05) is 16.4 Å². The Morgan fingerprint density at radius 3 is 2.93 bits per heavy atom. The third-order valence-electron chi connectivity index (χ3n) is 3.38. The van der Waals surface area contributed by atoms with Crippen molar-refractivity contribution < 1.29 is 4.79 Å². The maximum absolute atomic E-state index is 12.2. The predicted octanol–water partition coefficient (Wildman–Crippen LogP) is 4.85. The van der Waals surface area contributed by atoms with E-state index in [0.717, 1.165) is 11.3 Å². The summed E-state index contributed by atoms with van der Waals surface area (Å²) in [5.41, 5.74) is 2.84.